The van der Waals surface area contributed by atoms with E-state index >= 15 is 0 Å². The van der Waals surface area contributed by atoms with Crippen molar-refractivity contribution in [2.45, 2.75) is 38.1 Å². The second-order valence-corrected chi connectivity index (χ2v) is 10.9. The predicted molar refractivity (Wildman–Crippen MR) is 123 cm³/mol. The lowest BCUT2D eigenvalue weighted by molar-refractivity contribution is -0.117. The molecule has 176 valence electrons. The minimum Gasteiger partial charge on any atom is -0.324 e. The van der Waals surface area contributed by atoms with Gasteiger partial charge in [0.1, 0.15) is 11.9 Å². The quantitative estimate of drug-likeness (QED) is 0.557. The summed E-state index contributed by atoms with van der Waals surface area (Å²) >= 11 is 0. The van der Waals surface area contributed by atoms with Gasteiger partial charge >= 0.3 is 0 Å². The first-order chi connectivity index (χ1) is 14.9. The Kier molecular flexibility index (Phi) is 8.38. The van der Waals surface area contributed by atoms with Crippen LogP contribution in [-0.2, 0) is 24.8 Å². The molecule has 0 aromatic heterocycles. The number of nitrogens with zero attached hydrogens (tertiary/aromatic N) is 2. The summed E-state index contributed by atoms with van der Waals surface area (Å²) in [5, 5.41) is 2.63. The smallest absolute Gasteiger partial charge is 0.248 e. The standard InChI is InChI=1S/C21H28FN3O5S2/c1-5-20(25(31(4,27)28)18-12-8-16(22)9-13-18)21(26)23-17-10-14-19(15-11-17)32(29,30)24(6-2)7-3/h8-15,20H,5-7H2,1-4H3,(H,23,26)/t20-/m1/s1. The van der Waals surface area contributed by atoms with E-state index in [1.807, 2.05) is 0 Å². The maximum atomic E-state index is 13.3. The normalized spacial score (nSPS) is 13.1. The average molecular weight is 486 g/mol. The van der Waals surface area contributed by atoms with Gasteiger partial charge in [-0.25, -0.2) is 21.2 Å². The highest BCUT2D eigenvalue weighted by Crippen LogP contribution is 2.24. The summed E-state index contributed by atoms with van der Waals surface area (Å²) < 4.78 is 65.6. The van der Waals surface area contributed by atoms with Crippen molar-refractivity contribution in [2.75, 3.05) is 29.0 Å². The molecule has 1 amide bonds. The van der Waals surface area contributed by atoms with Crippen molar-refractivity contribution in [2.24, 2.45) is 0 Å². The van der Waals surface area contributed by atoms with E-state index in [4.69, 9.17) is 0 Å². The van der Waals surface area contributed by atoms with Crippen LogP contribution in [-0.4, -0.2) is 52.4 Å². The van der Waals surface area contributed by atoms with Crippen molar-refractivity contribution in [3.8, 4) is 0 Å². The molecule has 8 nitrogen and oxygen atoms in total. The van der Waals surface area contributed by atoms with Gasteiger partial charge in [0.2, 0.25) is 26.0 Å². The van der Waals surface area contributed by atoms with Gasteiger partial charge in [0.05, 0.1) is 16.8 Å². The van der Waals surface area contributed by atoms with E-state index in [2.05, 4.69) is 5.32 Å². The molecule has 32 heavy (non-hydrogen) atoms. The molecule has 2 aromatic rings. The zero-order valence-electron chi connectivity index (χ0n) is 18.4. The second-order valence-electron chi connectivity index (χ2n) is 7.06. The zero-order valence-corrected chi connectivity index (χ0v) is 20.1. The Morgan fingerprint density at radius 1 is 0.938 bits per heavy atom. The summed E-state index contributed by atoms with van der Waals surface area (Å²) in [6.45, 7) is 5.82. The van der Waals surface area contributed by atoms with Crippen molar-refractivity contribution in [1.82, 2.24) is 4.31 Å². The largest absolute Gasteiger partial charge is 0.324 e. The molecule has 0 saturated heterocycles. The summed E-state index contributed by atoms with van der Waals surface area (Å²) in [6.07, 6.45) is 1.13. The van der Waals surface area contributed by atoms with E-state index in [1.54, 1.807) is 20.8 Å². The van der Waals surface area contributed by atoms with Crippen LogP contribution in [0, 0.1) is 5.82 Å². The van der Waals surface area contributed by atoms with Gasteiger partial charge in [-0.1, -0.05) is 20.8 Å². The monoisotopic (exact) mass is 485 g/mol. The lowest BCUT2D eigenvalue weighted by atomic mass is 10.2. The summed E-state index contributed by atoms with van der Waals surface area (Å²) in [4.78, 5) is 13.0. The summed E-state index contributed by atoms with van der Waals surface area (Å²) in [5.74, 6) is -1.12. The van der Waals surface area contributed by atoms with Gasteiger partial charge < -0.3 is 5.32 Å². The van der Waals surface area contributed by atoms with E-state index in [0.717, 1.165) is 22.7 Å². The fourth-order valence-electron chi connectivity index (χ4n) is 3.30. The van der Waals surface area contributed by atoms with E-state index in [0.29, 0.717) is 18.8 Å². The molecule has 0 saturated carbocycles. The van der Waals surface area contributed by atoms with Crippen LogP contribution in [0.15, 0.2) is 53.4 Å². The molecular formula is C21H28FN3O5S2. The predicted octanol–water partition coefficient (Wildman–Crippen LogP) is 3.04. The molecule has 0 heterocycles. The number of carbonyl (C=O) groups excluding carboxylic acids is 1. The number of carbonyl (C=O) groups is 1. The second kappa shape index (κ2) is 10.4. The Morgan fingerprint density at radius 2 is 1.47 bits per heavy atom. The highest BCUT2D eigenvalue weighted by molar-refractivity contribution is 7.92. The summed E-state index contributed by atoms with van der Waals surface area (Å²) in [6, 6.07) is 9.40. The fraction of sp³-hybridized carbons (Fsp3) is 0.381. The number of halogens is 1. The van der Waals surface area contributed by atoms with E-state index in [9.17, 15) is 26.0 Å². The van der Waals surface area contributed by atoms with Crippen molar-refractivity contribution in [1.29, 1.82) is 0 Å². The number of hydrogen-bond acceptors (Lipinski definition) is 5. The first-order valence-corrected chi connectivity index (χ1v) is 13.4. The summed E-state index contributed by atoms with van der Waals surface area (Å²) in [7, 11) is -7.49. The minimum absolute atomic E-state index is 0.0929. The molecule has 1 N–H and O–H groups in total. The number of nitrogens with one attached hydrogen (secondary N) is 1. The lowest BCUT2D eigenvalue weighted by Crippen LogP contribution is -2.47. The lowest BCUT2D eigenvalue weighted by Gasteiger charge is -2.30. The molecule has 0 radical (unpaired) electrons. The molecule has 11 heteroatoms. The van der Waals surface area contributed by atoms with Crippen molar-refractivity contribution < 1.29 is 26.0 Å². The number of sulfonamides is 2. The number of hydrogen-bond donors (Lipinski definition) is 1. The van der Waals surface area contributed by atoms with Gasteiger partial charge in [0.15, 0.2) is 0 Å². The Balaban J connectivity index is 2.30. The molecular weight excluding hydrogens is 457 g/mol. The molecule has 0 spiro atoms. The van der Waals surface area contributed by atoms with Crippen molar-refractivity contribution in [3.63, 3.8) is 0 Å². The Bertz CT molecular complexity index is 1130. The third-order valence-corrected chi connectivity index (χ3v) is 8.12. The fourth-order valence-corrected chi connectivity index (χ4v) is 5.97. The maximum absolute atomic E-state index is 13.3. The van der Waals surface area contributed by atoms with Gasteiger partial charge in [-0.3, -0.25) is 9.10 Å². The number of benzene rings is 2. The molecule has 0 aliphatic rings. The van der Waals surface area contributed by atoms with E-state index < -0.39 is 37.8 Å². The topological polar surface area (TPSA) is 104 Å². The van der Waals surface area contributed by atoms with Gasteiger partial charge in [-0.15, -0.1) is 0 Å². The first kappa shape index (κ1) is 25.8. The molecule has 2 aromatic carbocycles. The van der Waals surface area contributed by atoms with Crippen LogP contribution < -0.4 is 9.62 Å². The Morgan fingerprint density at radius 3 is 1.91 bits per heavy atom. The molecule has 0 fully saturated rings. The van der Waals surface area contributed by atoms with Crippen molar-refractivity contribution in [3.05, 3.63) is 54.3 Å². The number of rotatable bonds is 10. The molecule has 2 rings (SSSR count). The van der Waals surface area contributed by atoms with E-state index in [-0.39, 0.29) is 17.0 Å². The Hall–Kier alpha value is -2.50. The van der Waals surface area contributed by atoms with Gasteiger partial charge in [-0.2, -0.15) is 4.31 Å². The van der Waals surface area contributed by atoms with Crippen LogP contribution in [0.3, 0.4) is 0 Å². The van der Waals surface area contributed by atoms with Gasteiger partial charge in [0.25, 0.3) is 0 Å². The third kappa shape index (κ3) is 5.84. The van der Waals surface area contributed by atoms with Crippen LogP contribution in [0.1, 0.15) is 27.2 Å². The SMILES string of the molecule is CC[C@H](C(=O)Nc1ccc(S(=O)(=O)N(CC)CC)cc1)N(c1ccc(F)cc1)S(C)(=O)=O. The molecule has 0 aliphatic heterocycles. The number of anilines is 2. The van der Waals surface area contributed by atoms with Crippen LogP contribution >= 0.6 is 0 Å². The van der Waals surface area contributed by atoms with Gasteiger partial charge in [0, 0.05) is 18.8 Å². The van der Waals surface area contributed by atoms with E-state index in [1.165, 1.54) is 40.7 Å². The highest BCUT2D eigenvalue weighted by atomic mass is 32.2. The molecule has 0 unspecified atom stereocenters. The van der Waals surface area contributed by atoms with Crippen LogP contribution in [0.5, 0.6) is 0 Å². The maximum Gasteiger partial charge on any atom is 0.248 e. The molecule has 0 bridgehead atoms. The highest BCUT2D eigenvalue weighted by Gasteiger charge is 2.31. The summed E-state index contributed by atoms with van der Waals surface area (Å²) in [5.41, 5.74) is 0.482. The minimum atomic E-state index is -3.86. The Labute approximate surface area is 189 Å². The molecule has 0 aliphatic carbocycles. The van der Waals surface area contributed by atoms with Crippen molar-refractivity contribution >= 4 is 37.3 Å². The zero-order chi connectivity index (χ0) is 24.1. The molecule has 1 atom stereocenters. The first-order valence-electron chi connectivity index (χ1n) is 10.1. The number of amides is 1. The van der Waals surface area contributed by atoms with Crippen LogP contribution in [0.2, 0.25) is 0 Å². The third-order valence-electron chi connectivity index (χ3n) is 4.88. The average Bonchev–Trinajstić information content (AvgIpc) is 2.73. The van der Waals surface area contributed by atoms with Crippen LogP contribution in [0.25, 0.3) is 0 Å². The van der Waals surface area contributed by atoms with Gasteiger partial charge in [-0.05, 0) is 55.0 Å². The van der Waals surface area contributed by atoms with Crippen LogP contribution in [0.4, 0.5) is 15.8 Å².